The van der Waals surface area contributed by atoms with E-state index in [9.17, 15) is 13.6 Å². The standard InChI is InChI=1S/C21H22BrF2NO2/c1-13(2)10-15-8-9-16-19(24)18(23)11-17(22)20(16)25(15)21(26)27-12-14-6-4-3-5-7-14/h3-7,11,13,15H,8-10,12H2,1-2H3. The van der Waals surface area contributed by atoms with Gasteiger partial charge in [0.25, 0.3) is 0 Å². The lowest BCUT2D eigenvalue weighted by atomic mass is 9.90. The molecule has 0 radical (unpaired) electrons. The summed E-state index contributed by atoms with van der Waals surface area (Å²) in [5, 5.41) is 0. The van der Waals surface area contributed by atoms with Crippen molar-refractivity contribution in [2.45, 2.75) is 45.8 Å². The lowest BCUT2D eigenvalue weighted by molar-refractivity contribution is 0.142. The molecule has 3 rings (SSSR count). The van der Waals surface area contributed by atoms with Crippen molar-refractivity contribution in [2.24, 2.45) is 5.92 Å². The molecule has 0 N–H and O–H groups in total. The SMILES string of the molecule is CC(C)CC1CCc2c(F)c(F)cc(Br)c2N1C(=O)OCc1ccccc1. The number of fused-ring (bicyclic) bond motifs is 1. The number of amides is 1. The molecular formula is C21H22BrF2NO2. The number of hydrogen-bond acceptors (Lipinski definition) is 2. The fraction of sp³-hybridized carbons (Fsp3) is 0.381. The molecule has 0 aliphatic carbocycles. The summed E-state index contributed by atoms with van der Waals surface area (Å²) in [6.07, 6.45) is 1.17. The Bertz CT molecular complexity index is 827. The van der Waals surface area contributed by atoms with Gasteiger partial charge in [-0.3, -0.25) is 4.90 Å². The van der Waals surface area contributed by atoms with Crippen LogP contribution < -0.4 is 4.90 Å². The first-order valence-electron chi connectivity index (χ1n) is 9.04. The molecule has 1 amide bonds. The second kappa shape index (κ2) is 8.38. The first-order valence-corrected chi connectivity index (χ1v) is 9.84. The van der Waals surface area contributed by atoms with Crippen LogP contribution in [0.3, 0.4) is 0 Å². The Morgan fingerprint density at radius 1 is 1.30 bits per heavy atom. The van der Waals surface area contributed by atoms with Crippen LogP contribution in [0.5, 0.6) is 0 Å². The first-order chi connectivity index (χ1) is 12.9. The lowest BCUT2D eigenvalue weighted by Crippen LogP contribution is -2.45. The monoisotopic (exact) mass is 437 g/mol. The number of ether oxygens (including phenoxy) is 1. The van der Waals surface area contributed by atoms with Crippen molar-refractivity contribution in [1.29, 1.82) is 0 Å². The largest absolute Gasteiger partial charge is 0.444 e. The van der Waals surface area contributed by atoms with Gasteiger partial charge in [0.05, 0.1) is 5.69 Å². The van der Waals surface area contributed by atoms with Gasteiger partial charge in [-0.2, -0.15) is 0 Å². The van der Waals surface area contributed by atoms with Gasteiger partial charge in [-0.15, -0.1) is 0 Å². The average molecular weight is 438 g/mol. The fourth-order valence-corrected chi connectivity index (χ4v) is 4.17. The highest BCUT2D eigenvalue weighted by Crippen LogP contribution is 2.41. The second-order valence-corrected chi connectivity index (χ2v) is 8.07. The summed E-state index contributed by atoms with van der Waals surface area (Å²) in [5.74, 6) is -1.46. The third-order valence-corrected chi connectivity index (χ3v) is 5.32. The summed E-state index contributed by atoms with van der Waals surface area (Å²) in [6.45, 7) is 4.27. The highest BCUT2D eigenvalue weighted by Gasteiger charge is 2.36. The predicted molar refractivity (Wildman–Crippen MR) is 105 cm³/mol. The molecule has 1 aliphatic heterocycles. The van der Waals surface area contributed by atoms with Crippen LogP contribution in [-0.2, 0) is 17.8 Å². The van der Waals surface area contributed by atoms with Crippen LogP contribution in [0.25, 0.3) is 0 Å². The van der Waals surface area contributed by atoms with Crippen molar-refractivity contribution >= 4 is 27.7 Å². The highest BCUT2D eigenvalue weighted by atomic mass is 79.9. The van der Waals surface area contributed by atoms with Crippen LogP contribution in [-0.4, -0.2) is 12.1 Å². The van der Waals surface area contributed by atoms with E-state index in [1.807, 2.05) is 30.3 Å². The minimum absolute atomic E-state index is 0.123. The van der Waals surface area contributed by atoms with Gasteiger partial charge >= 0.3 is 6.09 Å². The molecular weight excluding hydrogens is 416 g/mol. The van der Waals surface area contributed by atoms with E-state index in [4.69, 9.17) is 4.74 Å². The van der Waals surface area contributed by atoms with Crippen LogP contribution in [0, 0.1) is 17.6 Å². The van der Waals surface area contributed by atoms with Gasteiger partial charge in [-0.05, 0) is 52.7 Å². The number of hydrogen-bond donors (Lipinski definition) is 0. The molecule has 0 saturated carbocycles. The van der Waals surface area contributed by atoms with Crippen LogP contribution in [0.4, 0.5) is 19.3 Å². The minimum atomic E-state index is -0.916. The van der Waals surface area contributed by atoms with E-state index >= 15 is 0 Å². The summed E-state index contributed by atoms with van der Waals surface area (Å²) in [4.78, 5) is 14.4. The third kappa shape index (κ3) is 4.32. The molecule has 3 nitrogen and oxygen atoms in total. The number of halogens is 3. The molecule has 0 aromatic heterocycles. The van der Waals surface area contributed by atoms with Crippen molar-refractivity contribution in [2.75, 3.05) is 4.90 Å². The molecule has 27 heavy (non-hydrogen) atoms. The van der Waals surface area contributed by atoms with E-state index in [0.29, 0.717) is 28.9 Å². The molecule has 1 heterocycles. The zero-order valence-electron chi connectivity index (χ0n) is 15.3. The summed E-state index contributed by atoms with van der Waals surface area (Å²) >= 11 is 3.31. The molecule has 6 heteroatoms. The summed E-state index contributed by atoms with van der Waals surface area (Å²) in [7, 11) is 0. The molecule has 1 atom stereocenters. The van der Waals surface area contributed by atoms with E-state index in [0.717, 1.165) is 18.1 Å². The van der Waals surface area contributed by atoms with Crippen LogP contribution in [0.2, 0.25) is 0 Å². The Morgan fingerprint density at radius 3 is 2.67 bits per heavy atom. The van der Waals surface area contributed by atoms with E-state index in [-0.39, 0.29) is 18.2 Å². The lowest BCUT2D eigenvalue weighted by Gasteiger charge is -2.38. The van der Waals surface area contributed by atoms with E-state index in [1.54, 1.807) is 0 Å². The molecule has 0 saturated heterocycles. The number of nitrogens with zero attached hydrogens (tertiary/aromatic N) is 1. The molecule has 0 fully saturated rings. The van der Waals surface area contributed by atoms with Crippen molar-refractivity contribution in [3.8, 4) is 0 Å². The molecule has 2 aromatic rings. The highest BCUT2D eigenvalue weighted by molar-refractivity contribution is 9.10. The average Bonchev–Trinajstić information content (AvgIpc) is 2.64. The van der Waals surface area contributed by atoms with Crippen molar-refractivity contribution in [1.82, 2.24) is 0 Å². The van der Waals surface area contributed by atoms with Gasteiger partial charge in [0, 0.05) is 16.1 Å². The van der Waals surface area contributed by atoms with Crippen molar-refractivity contribution < 1.29 is 18.3 Å². The molecule has 1 unspecified atom stereocenters. The zero-order chi connectivity index (χ0) is 19.6. The Balaban J connectivity index is 1.93. The van der Waals surface area contributed by atoms with E-state index < -0.39 is 17.7 Å². The number of benzene rings is 2. The number of rotatable bonds is 4. The van der Waals surface area contributed by atoms with Gasteiger partial charge in [0.15, 0.2) is 11.6 Å². The number of carbonyl (C=O) groups is 1. The maximum atomic E-state index is 14.4. The smallest absolute Gasteiger partial charge is 0.414 e. The molecule has 1 aliphatic rings. The molecule has 2 aromatic carbocycles. The van der Waals surface area contributed by atoms with E-state index in [2.05, 4.69) is 29.8 Å². The van der Waals surface area contributed by atoms with E-state index in [1.165, 1.54) is 4.90 Å². The summed E-state index contributed by atoms with van der Waals surface area (Å²) in [6, 6.07) is 10.3. The minimum Gasteiger partial charge on any atom is -0.444 e. The quantitative estimate of drug-likeness (QED) is 0.530. The van der Waals surface area contributed by atoms with Crippen molar-refractivity contribution in [3.05, 3.63) is 63.6 Å². The predicted octanol–water partition coefficient (Wildman–Crippen LogP) is 6.23. The Hall–Kier alpha value is -1.95. The Morgan fingerprint density at radius 2 is 2.00 bits per heavy atom. The topological polar surface area (TPSA) is 29.5 Å². The van der Waals surface area contributed by atoms with Crippen LogP contribution in [0.15, 0.2) is 40.9 Å². The second-order valence-electron chi connectivity index (χ2n) is 7.21. The van der Waals surface area contributed by atoms with Crippen LogP contribution >= 0.6 is 15.9 Å². The number of carbonyl (C=O) groups excluding carboxylic acids is 1. The van der Waals surface area contributed by atoms with Crippen LogP contribution in [0.1, 0.15) is 37.8 Å². The third-order valence-electron chi connectivity index (χ3n) is 4.72. The molecule has 0 bridgehead atoms. The normalized spacial score (nSPS) is 16.4. The fourth-order valence-electron chi connectivity index (χ4n) is 3.54. The maximum Gasteiger partial charge on any atom is 0.414 e. The maximum absolute atomic E-state index is 14.4. The summed E-state index contributed by atoms with van der Waals surface area (Å²) < 4.78 is 34.1. The Labute approximate surface area is 166 Å². The van der Waals surface area contributed by atoms with Gasteiger partial charge in [-0.1, -0.05) is 44.2 Å². The van der Waals surface area contributed by atoms with Gasteiger partial charge in [0.2, 0.25) is 0 Å². The molecule has 144 valence electrons. The van der Waals surface area contributed by atoms with Gasteiger partial charge < -0.3 is 4.74 Å². The Kier molecular flexibility index (Phi) is 6.15. The molecule has 0 spiro atoms. The van der Waals surface area contributed by atoms with Crippen molar-refractivity contribution in [3.63, 3.8) is 0 Å². The number of anilines is 1. The zero-order valence-corrected chi connectivity index (χ0v) is 16.9. The first kappa shape index (κ1) is 19.8. The van der Waals surface area contributed by atoms with Gasteiger partial charge in [0.1, 0.15) is 6.61 Å². The summed E-state index contributed by atoms with van der Waals surface area (Å²) in [5.41, 5.74) is 1.47. The van der Waals surface area contributed by atoms with Gasteiger partial charge in [-0.25, -0.2) is 13.6 Å².